The van der Waals surface area contributed by atoms with E-state index in [4.69, 9.17) is 4.74 Å². The molecule has 0 atom stereocenters. The Labute approximate surface area is 200 Å². The van der Waals surface area contributed by atoms with Crippen LogP contribution in [0.1, 0.15) is 42.1 Å². The zero-order valence-electron chi connectivity index (χ0n) is 19.2. The number of nitrogens with zero attached hydrogens (tertiary/aromatic N) is 5. The van der Waals surface area contributed by atoms with Crippen molar-refractivity contribution in [3.05, 3.63) is 40.3 Å². The van der Waals surface area contributed by atoms with Crippen LogP contribution in [0.15, 0.2) is 29.8 Å². The minimum Gasteiger partial charge on any atom is -0.476 e. The van der Waals surface area contributed by atoms with E-state index >= 15 is 0 Å². The molecular weight excluding hydrogens is 456 g/mol. The van der Waals surface area contributed by atoms with E-state index < -0.39 is 11.2 Å². The van der Waals surface area contributed by atoms with Crippen molar-refractivity contribution in [2.45, 2.75) is 51.4 Å². The molecule has 2 amide bonds. The number of benzene rings is 1. The summed E-state index contributed by atoms with van der Waals surface area (Å²) in [4.78, 5) is 31.3. The summed E-state index contributed by atoms with van der Waals surface area (Å²) in [6.07, 6.45) is 2.64. The van der Waals surface area contributed by atoms with Gasteiger partial charge < -0.3 is 20.1 Å². The fraction of sp³-hybridized carbons (Fsp3) is 0.435. The number of anilines is 1. The lowest BCUT2D eigenvalue weighted by Gasteiger charge is -2.38. The predicted octanol–water partition coefficient (Wildman–Crippen LogP) is 2.49. The van der Waals surface area contributed by atoms with E-state index in [1.807, 2.05) is 12.3 Å². The number of aromatic nitrogens is 4. The van der Waals surface area contributed by atoms with E-state index in [1.165, 1.54) is 0 Å². The molecule has 0 saturated carbocycles. The van der Waals surface area contributed by atoms with Crippen molar-refractivity contribution >= 4 is 28.8 Å². The van der Waals surface area contributed by atoms with Gasteiger partial charge in [-0.3, -0.25) is 9.59 Å². The van der Waals surface area contributed by atoms with Crippen molar-refractivity contribution in [3.63, 3.8) is 0 Å². The van der Waals surface area contributed by atoms with Crippen molar-refractivity contribution in [3.8, 4) is 17.1 Å². The van der Waals surface area contributed by atoms with Gasteiger partial charge in [-0.2, -0.15) is 0 Å². The highest BCUT2D eigenvalue weighted by Gasteiger charge is 2.37. The fourth-order valence-electron chi connectivity index (χ4n) is 4.18. The van der Waals surface area contributed by atoms with Crippen LogP contribution >= 0.6 is 11.3 Å². The van der Waals surface area contributed by atoms with Gasteiger partial charge in [-0.05, 0) is 51.8 Å². The second kappa shape index (κ2) is 8.17. The normalized spacial score (nSPS) is 18.7. The average Bonchev–Trinajstić information content (AvgIpc) is 3.42. The zero-order valence-corrected chi connectivity index (χ0v) is 20.1. The largest absolute Gasteiger partial charge is 0.476 e. The molecule has 4 heterocycles. The van der Waals surface area contributed by atoms with Crippen LogP contribution in [0.5, 0.6) is 5.75 Å². The number of carbonyl (C=O) groups excluding carboxylic acids is 2. The maximum absolute atomic E-state index is 13.1. The second-order valence-corrected chi connectivity index (χ2v) is 10.4. The van der Waals surface area contributed by atoms with E-state index in [0.717, 1.165) is 10.7 Å². The first-order valence-corrected chi connectivity index (χ1v) is 12.0. The summed E-state index contributed by atoms with van der Waals surface area (Å²) < 4.78 is 7.44. The first-order chi connectivity index (χ1) is 16.1. The molecule has 10 nitrogen and oxygen atoms in total. The number of hydrogen-bond donors (Lipinski definition) is 2. The van der Waals surface area contributed by atoms with Gasteiger partial charge >= 0.3 is 0 Å². The number of carbonyl (C=O) groups is 2. The van der Waals surface area contributed by atoms with Crippen LogP contribution in [-0.4, -0.2) is 66.1 Å². The van der Waals surface area contributed by atoms with Crippen molar-refractivity contribution in [2.75, 3.05) is 18.4 Å². The quantitative estimate of drug-likeness (QED) is 0.586. The molecule has 1 saturated heterocycles. The smallest absolute Gasteiger partial charge is 0.268 e. The van der Waals surface area contributed by atoms with Crippen molar-refractivity contribution < 1.29 is 19.4 Å². The Bertz CT molecular complexity index is 1260. The molecule has 2 aliphatic heterocycles. The SMILES string of the molecule is Cc1nc(-c2cn(CC3(O)CCN(C(=O)c4ccc5c(c4)OC(C)(C)C(=O)N5)CC3)nn2)cs1. The third-order valence-corrected chi connectivity index (χ3v) is 7.02. The maximum Gasteiger partial charge on any atom is 0.268 e. The molecule has 0 spiro atoms. The van der Waals surface area contributed by atoms with Gasteiger partial charge in [-0.1, -0.05) is 5.21 Å². The molecule has 0 unspecified atom stereocenters. The van der Waals surface area contributed by atoms with E-state index in [1.54, 1.807) is 59.2 Å². The summed E-state index contributed by atoms with van der Waals surface area (Å²) in [5.41, 5.74) is 0.500. The second-order valence-electron chi connectivity index (χ2n) is 9.35. The Morgan fingerprint density at radius 3 is 2.74 bits per heavy atom. The molecule has 34 heavy (non-hydrogen) atoms. The van der Waals surface area contributed by atoms with Crippen molar-refractivity contribution in [2.24, 2.45) is 0 Å². The number of fused-ring (bicyclic) bond motifs is 1. The number of aryl methyl sites for hydroxylation is 1. The van der Waals surface area contributed by atoms with Gasteiger partial charge in [-0.15, -0.1) is 16.4 Å². The number of likely N-dealkylation sites (tertiary alicyclic amines) is 1. The molecule has 3 aromatic rings. The molecule has 5 rings (SSSR count). The molecule has 0 bridgehead atoms. The van der Waals surface area contributed by atoms with Crippen molar-refractivity contribution in [1.29, 1.82) is 0 Å². The van der Waals surface area contributed by atoms with Crippen LogP contribution in [0.2, 0.25) is 0 Å². The molecule has 2 N–H and O–H groups in total. The minimum absolute atomic E-state index is 0.134. The first kappa shape index (κ1) is 22.5. The van der Waals surface area contributed by atoms with Gasteiger partial charge in [0, 0.05) is 24.0 Å². The summed E-state index contributed by atoms with van der Waals surface area (Å²) in [6, 6.07) is 5.03. The Morgan fingerprint density at radius 2 is 2.03 bits per heavy atom. The number of amides is 2. The first-order valence-electron chi connectivity index (χ1n) is 11.1. The lowest BCUT2D eigenvalue weighted by molar-refractivity contribution is -0.129. The van der Waals surface area contributed by atoms with Gasteiger partial charge in [0.1, 0.15) is 17.1 Å². The molecule has 0 radical (unpaired) electrons. The Kier molecular flexibility index (Phi) is 5.40. The summed E-state index contributed by atoms with van der Waals surface area (Å²) in [5.74, 6) is 0.113. The van der Waals surface area contributed by atoms with E-state index in [0.29, 0.717) is 55.2 Å². The third-order valence-electron chi connectivity index (χ3n) is 6.25. The topological polar surface area (TPSA) is 122 Å². The zero-order chi connectivity index (χ0) is 24.1. The molecule has 1 fully saturated rings. The molecular formula is C23H26N6O4S. The molecule has 2 aromatic heterocycles. The highest BCUT2D eigenvalue weighted by atomic mass is 32.1. The lowest BCUT2D eigenvalue weighted by Crippen LogP contribution is -2.49. The standard InChI is InChI=1S/C23H26N6O4S/c1-14-24-18(12-34-14)17-11-29(27-26-17)13-23(32)6-8-28(9-7-23)20(30)15-4-5-16-19(10-15)33-22(2,3)21(31)25-16/h4-5,10-12,32H,6-9,13H2,1-3H3,(H,25,31). The maximum atomic E-state index is 13.1. The number of hydrogen-bond acceptors (Lipinski definition) is 8. The van der Waals surface area contributed by atoms with Crippen LogP contribution < -0.4 is 10.1 Å². The summed E-state index contributed by atoms with van der Waals surface area (Å²) >= 11 is 1.55. The average molecular weight is 483 g/mol. The van der Waals surface area contributed by atoms with E-state index in [-0.39, 0.29) is 11.8 Å². The predicted molar refractivity (Wildman–Crippen MR) is 126 cm³/mol. The van der Waals surface area contributed by atoms with Gasteiger partial charge in [0.25, 0.3) is 11.8 Å². The number of ether oxygens (including phenoxy) is 1. The Balaban J connectivity index is 1.22. The van der Waals surface area contributed by atoms with Crippen LogP contribution in [0.4, 0.5) is 5.69 Å². The summed E-state index contributed by atoms with van der Waals surface area (Å²) in [6.45, 7) is 6.44. The lowest BCUT2D eigenvalue weighted by atomic mass is 9.91. The molecule has 1 aromatic carbocycles. The molecule has 0 aliphatic carbocycles. The van der Waals surface area contributed by atoms with Gasteiger partial charge in [-0.25, -0.2) is 9.67 Å². The van der Waals surface area contributed by atoms with Crippen LogP contribution in [0, 0.1) is 6.92 Å². The van der Waals surface area contributed by atoms with Crippen LogP contribution in [0.3, 0.4) is 0 Å². The van der Waals surface area contributed by atoms with Gasteiger partial charge in [0.2, 0.25) is 0 Å². The number of nitrogens with one attached hydrogen (secondary N) is 1. The monoisotopic (exact) mass is 482 g/mol. The Morgan fingerprint density at radius 1 is 1.26 bits per heavy atom. The highest BCUT2D eigenvalue weighted by Crippen LogP contribution is 2.35. The van der Waals surface area contributed by atoms with Crippen LogP contribution in [-0.2, 0) is 11.3 Å². The van der Waals surface area contributed by atoms with Gasteiger partial charge in [0.05, 0.1) is 29.0 Å². The molecule has 178 valence electrons. The van der Waals surface area contributed by atoms with Crippen molar-refractivity contribution in [1.82, 2.24) is 24.9 Å². The van der Waals surface area contributed by atoms with E-state index in [2.05, 4.69) is 20.6 Å². The highest BCUT2D eigenvalue weighted by molar-refractivity contribution is 7.09. The number of aliphatic hydroxyl groups is 1. The third kappa shape index (κ3) is 4.28. The summed E-state index contributed by atoms with van der Waals surface area (Å²) in [7, 11) is 0. The fourth-order valence-corrected chi connectivity index (χ4v) is 4.79. The van der Waals surface area contributed by atoms with E-state index in [9.17, 15) is 14.7 Å². The number of thiazole rings is 1. The Hall–Kier alpha value is -3.31. The minimum atomic E-state index is -1.00. The van der Waals surface area contributed by atoms with Gasteiger partial charge in [0.15, 0.2) is 5.60 Å². The summed E-state index contributed by atoms with van der Waals surface area (Å²) in [5, 5.41) is 25.1. The molecule has 11 heteroatoms. The van der Waals surface area contributed by atoms with Crippen LogP contribution in [0.25, 0.3) is 11.4 Å². The molecule has 2 aliphatic rings. The number of rotatable bonds is 4. The number of piperidine rings is 1.